The number of amides is 2. The van der Waals surface area contributed by atoms with Gasteiger partial charge in [0.05, 0.1) is 6.54 Å². The molecule has 0 heterocycles. The van der Waals surface area contributed by atoms with Crippen molar-refractivity contribution in [3.05, 3.63) is 34.9 Å². The fourth-order valence-electron chi connectivity index (χ4n) is 1.78. The van der Waals surface area contributed by atoms with Gasteiger partial charge in [0.1, 0.15) is 0 Å². The van der Waals surface area contributed by atoms with Crippen molar-refractivity contribution in [1.29, 1.82) is 0 Å². The molecule has 1 aromatic carbocycles. The van der Waals surface area contributed by atoms with Gasteiger partial charge in [-0.05, 0) is 37.1 Å². The largest absolute Gasteiger partial charge is 0.352 e. The van der Waals surface area contributed by atoms with Gasteiger partial charge in [-0.1, -0.05) is 11.6 Å². The highest BCUT2D eigenvalue weighted by molar-refractivity contribution is 6.30. The lowest BCUT2D eigenvalue weighted by atomic mass is 10.1. The normalized spacial score (nSPS) is 13.6. The number of benzene rings is 1. The highest BCUT2D eigenvalue weighted by atomic mass is 35.5. The zero-order valence-corrected chi connectivity index (χ0v) is 12.3. The Balaban J connectivity index is 1.66. The monoisotopic (exact) mass is 308 g/mol. The number of rotatable bonds is 7. The van der Waals surface area contributed by atoms with Gasteiger partial charge in [0, 0.05) is 29.5 Å². The molecule has 5 nitrogen and oxygen atoms in total. The van der Waals surface area contributed by atoms with E-state index in [-0.39, 0.29) is 43.0 Å². The van der Waals surface area contributed by atoms with Crippen molar-refractivity contribution in [2.24, 2.45) is 0 Å². The van der Waals surface area contributed by atoms with Crippen LogP contribution >= 0.6 is 11.6 Å². The Kier molecular flexibility index (Phi) is 5.33. The van der Waals surface area contributed by atoms with Crippen LogP contribution in [-0.2, 0) is 9.59 Å². The molecule has 2 amide bonds. The van der Waals surface area contributed by atoms with E-state index < -0.39 is 0 Å². The molecule has 0 bridgehead atoms. The van der Waals surface area contributed by atoms with Crippen molar-refractivity contribution in [2.75, 3.05) is 6.54 Å². The Morgan fingerprint density at radius 1 is 1.05 bits per heavy atom. The smallest absolute Gasteiger partial charge is 0.239 e. The van der Waals surface area contributed by atoms with E-state index in [1.165, 1.54) is 0 Å². The summed E-state index contributed by atoms with van der Waals surface area (Å²) in [4.78, 5) is 34.8. The van der Waals surface area contributed by atoms with Gasteiger partial charge >= 0.3 is 0 Å². The standard InChI is InChI=1S/C15H17ClN2O3/c16-11-3-1-10(2-4-11)13(19)7-8-14(20)17-9-15(21)18-12-5-6-12/h1-4,12H,5-9H2,(H,17,20)(H,18,21). The third kappa shape index (κ3) is 5.55. The first-order valence-corrected chi connectivity index (χ1v) is 7.27. The maximum atomic E-state index is 11.8. The highest BCUT2D eigenvalue weighted by Gasteiger charge is 2.23. The lowest BCUT2D eigenvalue weighted by Crippen LogP contribution is -2.37. The minimum atomic E-state index is -0.303. The average molecular weight is 309 g/mol. The lowest BCUT2D eigenvalue weighted by Gasteiger charge is -2.06. The van der Waals surface area contributed by atoms with Crippen molar-refractivity contribution in [3.63, 3.8) is 0 Å². The molecule has 2 rings (SSSR count). The predicted molar refractivity (Wildman–Crippen MR) is 79.2 cm³/mol. The maximum absolute atomic E-state index is 11.8. The van der Waals surface area contributed by atoms with Gasteiger partial charge in [0.25, 0.3) is 0 Å². The number of nitrogens with one attached hydrogen (secondary N) is 2. The quantitative estimate of drug-likeness (QED) is 0.753. The van der Waals surface area contributed by atoms with Crippen LogP contribution < -0.4 is 10.6 Å². The minimum absolute atomic E-state index is 0.0372. The SMILES string of the molecule is O=C(CCC(=O)c1ccc(Cl)cc1)NCC(=O)NC1CC1. The van der Waals surface area contributed by atoms with E-state index in [2.05, 4.69) is 10.6 Å². The van der Waals surface area contributed by atoms with Gasteiger partial charge in [-0.3, -0.25) is 14.4 Å². The Labute approximate surface area is 128 Å². The van der Waals surface area contributed by atoms with Gasteiger partial charge in [-0.15, -0.1) is 0 Å². The summed E-state index contributed by atoms with van der Waals surface area (Å²) >= 11 is 5.74. The summed E-state index contributed by atoms with van der Waals surface area (Å²) in [5.41, 5.74) is 0.527. The van der Waals surface area contributed by atoms with E-state index in [1.807, 2.05) is 0 Å². The maximum Gasteiger partial charge on any atom is 0.239 e. The van der Waals surface area contributed by atoms with Crippen molar-refractivity contribution >= 4 is 29.2 Å². The van der Waals surface area contributed by atoms with Crippen LogP contribution in [0.4, 0.5) is 0 Å². The van der Waals surface area contributed by atoms with E-state index in [1.54, 1.807) is 24.3 Å². The summed E-state index contributed by atoms with van der Waals surface area (Å²) in [6.07, 6.45) is 2.19. The second-order valence-electron chi connectivity index (χ2n) is 5.05. The molecule has 0 saturated heterocycles. The van der Waals surface area contributed by atoms with Gasteiger partial charge in [-0.25, -0.2) is 0 Å². The van der Waals surface area contributed by atoms with Crippen molar-refractivity contribution in [2.45, 2.75) is 31.7 Å². The third-order valence-electron chi connectivity index (χ3n) is 3.13. The number of carbonyl (C=O) groups is 3. The van der Waals surface area contributed by atoms with E-state index >= 15 is 0 Å². The number of hydrogen-bond acceptors (Lipinski definition) is 3. The second kappa shape index (κ2) is 7.22. The first kappa shape index (κ1) is 15.5. The molecule has 1 aliphatic rings. The topological polar surface area (TPSA) is 75.3 Å². The molecule has 6 heteroatoms. The van der Waals surface area contributed by atoms with Crippen LogP contribution in [0.3, 0.4) is 0 Å². The lowest BCUT2D eigenvalue weighted by molar-refractivity contribution is -0.126. The minimum Gasteiger partial charge on any atom is -0.352 e. The fourth-order valence-corrected chi connectivity index (χ4v) is 1.91. The van der Waals surface area contributed by atoms with Crippen LogP contribution in [-0.4, -0.2) is 30.2 Å². The molecule has 2 N–H and O–H groups in total. The zero-order chi connectivity index (χ0) is 15.2. The number of Topliss-reactive ketones (excluding diaryl/α,β-unsaturated/α-hetero) is 1. The molecular formula is C15H17ClN2O3. The van der Waals surface area contributed by atoms with Crippen LogP contribution in [0.25, 0.3) is 0 Å². The molecule has 0 spiro atoms. The van der Waals surface area contributed by atoms with Crippen LogP contribution in [0.1, 0.15) is 36.0 Å². The van der Waals surface area contributed by atoms with E-state index in [4.69, 9.17) is 11.6 Å². The third-order valence-corrected chi connectivity index (χ3v) is 3.39. The van der Waals surface area contributed by atoms with E-state index in [0.29, 0.717) is 10.6 Å². The molecule has 0 aromatic heterocycles. The van der Waals surface area contributed by atoms with Gasteiger partial charge < -0.3 is 10.6 Å². The number of hydrogen-bond donors (Lipinski definition) is 2. The zero-order valence-electron chi connectivity index (χ0n) is 11.5. The van der Waals surface area contributed by atoms with Gasteiger partial charge in [0.15, 0.2) is 5.78 Å². The van der Waals surface area contributed by atoms with Crippen LogP contribution in [0.2, 0.25) is 5.02 Å². The summed E-state index contributed by atoms with van der Waals surface area (Å²) in [6, 6.07) is 6.81. The number of ketones is 1. The molecule has 0 unspecified atom stereocenters. The summed E-state index contributed by atoms with van der Waals surface area (Å²) in [6.45, 7) is -0.0372. The molecule has 0 aliphatic heterocycles. The molecule has 1 aliphatic carbocycles. The number of carbonyl (C=O) groups excluding carboxylic acids is 3. The van der Waals surface area contributed by atoms with Crippen molar-refractivity contribution < 1.29 is 14.4 Å². The molecule has 0 atom stereocenters. The predicted octanol–water partition coefficient (Wildman–Crippen LogP) is 1.70. The van der Waals surface area contributed by atoms with E-state index in [9.17, 15) is 14.4 Å². The molecule has 1 fully saturated rings. The molecule has 21 heavy (non-hydrogen) atoms. The van der Waals surface area contributed by atoms with Crippen LogP contribution in [0, 0.1) is 0 Å². The fraction of sp³-hybridized carbons (Fsp3) is 0.400. The van der Waals surface area contributed by atoms with Gasteiger partial charge in [0.2, 0.25) is 11.8 Å². The highest BCUT2D eigenvalue weighted by Crippen LogP contribution is 2.18. The van der Waals surface area contributed by atoms with Crippen molar-refractivity contribution in [1.82, 2.24) is 10.6 Å². The molecular weight excluding hydrogens is 292 g/mol. The van der Waals surface area contributed by atoms with Crippen LogP contribution in [0.15, 0.2) is 24.3 Å². The second-order valence-corrected chi connectivity index (χ2v) is 5.49. The van der Waals surface area contributed by atoms with Crippen LogP contribution in [0.5, 0.6) is 0 Å². The number of halogens is 1. The van der Waals surface area contributed by atoms with E-state index in [0.717, 1.165) is 12.8 Å². The Hall–Kier alpha value is -1.88. The summed E-state index contributed by atoms with van der Waals surface area (Å²) < 4.78 is 0. The molecule has 0 radical (unpaired) electrons. The first-order valence-electron chi connectivity index (χ1n) is 6.89. The Morgan fingerprint density at radius 2 is 1.71 bits per heavy atom. The summed E-state index contributed by atoms with van der Waals surface area (Å²) in [5, 5.41) is 5.84. The summed E-state index contributed by atoms with van der Waals surface area (Å²) in [5.74, 6) is -0.609. The summed E-state index contributed by atoms with van der Waals surface area (Å²) in [7, 11) is 0. The average Bonchev–Trinajstić information content (AvgIpc) is 3.27. The Morgan fingerprint density at radius 3 is 2.33 bits per heavy atom. The van der Waals surface area contributed by atoms with Crippen molar-refractivity contribution in [3.8, 4) is 0 Å². The molecule has 112 valence electrons. The van der Waals surface area contributed by atoms with Gasteiger partial charge in [-0.2, -0.15) is 0 Å². The molecule has 1 saturated carbocycles. The Bertz CT molecular complexity index is 538. The molecule has 1 aromatic rings. The first-order chi connectivity index (χ1) is 10.0.